The van der Waals surface area contributed by atoms with E-state index in [2.05, 4.69) is 33.7 Å². The number of nitrogens with one attached hydrogen (secondary N) is 2. The van der Waals surface area contributed by atoms with E-state index in [1.54, 1.807) is 18.2 Å². The first kappa shape index (κ1) is 21.4. The van der Waals surface area contributed by atoms with Crippen LogP contribution in [0, 0.1) is 0 Å². The molecule has 3 N–H and O–H groups in total. The van der Waals surface area contributed by atoms with Gasteiger partial charge in [0.05, 0.1) is 18.4 Å². The molecule has 29 heavy (non-hydrogen) atoms. The van der Waals surface area contributed by atoms with E-state index in [0.717, 1.165) is 25.9 Å². The van der Waals surface area contributed by atoms with Crippen molar-refractivity contribution in [2.24, 2.45) is 0 Å². The second kappa shape index (κ2) is 10.5. The topological polar surface area (TPSA) is 73.8 Å². The lowest BCUT2D eigenvalue weighted by atomic mass is 10.00. The number of benzene rings is 2. The van der Waals surface area contributed by atoms with Gasteiger partial charge in [-0.25, -0.2) is 4.79 Å². The summed E-state index contributed by atoms with van der Waals surface area (Å²) in [5.74, 6) is 0.568. The van der Waals surface area contributed by atoms with Crippen molar-refractivity contribution < 1.29 is 14.6 Å². The van der Waals surface area contributed by atoms with Gasteiger partial charge in [-0.1, -0.05) is 42.8 Å². The first-order valence-electron chi connectivity index (χ1n) is 9.99. The predicted octanol–water partition coefficient (Wildman–Crippen LogP) is 3.67. The van der Waals surface area contributed by atoms with Gasteiger partial charge in [0.1, 0.15) is 5.75 Å². The largest absolute Gasteiger partial charge is 0.491 e. The molecule has 0 aromatic heterocycles. The quantitative estimate of drug-likeness (QED) is 0.612. The molecule has 1 aliphatic rings. The number of fused-ring (bicyclic) bond motifs is 1. The summed E-state index contributed by atoms with van der Waals surface area (Å²) in [5.41, 5.74) is 3.18. The minimum atomic E-state index is -0.652. The molecule has 7 heteroatoms. The number of anilines is 1. The number of aliphatic hydroxyl groups is 1. The van der Waals surface area contributed by atoms with Crippen LogP contribution >= 0.6 is 11.6 Å². The number of halogens is 1. The third kappa shape index (κ3) is 6.35. The number of β-amino-alcohol motifs (C(OH)–C–C–N with tert-alkyl or cyclic N) is 1. The summed E-state index contributed by atoms with van der Waals surface area (Å²) in [4.78, 5) is 14.5. The molecule has 0 saturated heterocycles. The van der Waals surface area contributed by atoms with E-state index in [9.17, 15) is 9.90 Å². The van der Waals surface area contributed by atoms with Crippen LogP contribution in [0.5, 0.6) is 5.75 Å². The van der Waals surface area contributed by atoms with Crippen LogP contribution < -0.4 is 15.4 Å². The number of nitrogens with zero attached hydrogens (tertiary/aromatic N) is 1. The number of hydrogen-bond acceptors (Lipinski definition) is 4. The molecule has 1 atom stereocenters. The van der Waals surface area contributed by atoms with E-state index < -0.39 is 12.1 Å². The predicted molar refractivity (Wildman–Crippen MR) is 116 cm³/mol. The Kier molecular flexibility index (Phi) is 7.75. The number of ether oxygens (including phenoxy) is 1. The molecular weight excluding hydrogens is 390 g/mol. The third-order valence-corrected chi connectivity index (χ3v) is 5.06. The fraction of sp³-hybridized carbons (Fsp3) is 0.409. The summed E-state index contributed by atoms with van der Waals surface area (Å²) in [6.07, 6.45) is 1.19. The molecule has 2 aromatic carbocycles. The highest BCUT2D eigenvalue weighted by molar-refractivity contribution is 6.31. The fourth-order valence-electron chi connectivity index (χ4n) is 3.39. The first-order chi connectivity index (χ1) is 14.0. The van der Waals surface area contributed by atoms with E-state index in [1.807, 2.05) is 13.0 Å². The van der Waals surface area contributed by atoms with E-state index in [-0.39, 0.29) is 6.54 Å². The third-order valence-electron chi connectivity index (χ3n) is 4.83. The number of rotatable bonds is 8. The average Bonchev–Trinajstić information content (AvgIpc) is 2.71. The number of amides is 2. The Bertz CT molecular complexity index is 831. The highest BCUT2D eigenvalue weighted by Gasteiger charge is 2.19. The molecular formula is C22H28ClN3O3. The van der Waals surface area contributed by atoms with Crippen molar-refractivity contribution in [2.75, 3.05) is 31.6 Å². The Balaban J connectivity index is 1.46. The lowest BCUT2D eigenvalue weighted by Crippen LogP contribution is -2.43. The normalized spacial score (nSPS) is 14.7. The van der Waals surface area contributed by atoms with Crippen LogP contribution in [0.2, 0.25) is 5.02 Å². The molecule has 1 aliphatic heterocycles. The molecule has 0 fully saturated rings. The zero-order valence-electron chi connectivity index (χ0n) is 16.7. The lowest BCUT2D eigenvalue weighted by Gasteiger charge is -2.30. The van der Waals surface area contributed by atoms with Gasteiger partial charge in [-0.3, -0.25) is 4.90 Å². The zero-order valence-corrected chi connectivity index (χ0v) is 17.4. The van der Waals surface area contributed by atoms with Gasteiger partial charge in [0.2, 0.25) is 0 Å². The number of aliphatic hydroxyl groups excluding tert-OH is 1. The molecule has 6 nitrogen and oxygen atoms in total. The summed E-state index contributed by atoms with van der Waals surface area (Å²) in [6, 6.07) is 13.1. The lowest BCUT2D eigenvalue weighted by molar-refractivity contribution is 0.106. The van der Waals surface area contributed by atoms with Crippen LogP contribution in [0.4, 0.5) is 10.5 Å². The Morgan fingerprint density at radius 1 is 1.28 bits per heavy atom. The number of hydrogen-bond donors (Lipinski definition) is 3. The van der Waals surface area contributed by atoms with E-state index >= 15 is 0 Å². The van der Waals surface area contributed by atoms with E-state index in [0.29, 0.717) is 29.6 Å². The van der Waals surface area contributed by atoms with Crippen LogP contribution in [0.1, 0.15) is 24.5 Å². The molecule has 1 heterocycles. The zero-order chi connectivity index (χ0) is 20.6. The standard InChI is InChI=1S/C22H28ClN3O3/c1-2-11-29-21-8-7-18(23)12-20(21)25-22(28)24-13-19(27)15-26-10-9-16-5-3-4-6-17(16)14-26/h3-8,12,19,27H,2,9-11,13-15H2,1H3,(H2,24,25,28). The second-order valence-electron chi connectivity index (χ2n) is 7.23. The van der Waals surface area contributed by atoms with Gasteiger partial charge in [0.25, 0.3) is 0 Å². The van der Waals surface area contributed by atoms with Gasteiger partial charge >= 0.3 is 6.03 Å². The Hall–Kier alpha value is -2.28. The maximum Gasteiger partial charge on any atom is 0.319 e. The highest BCUT2D eigenvalue weighted by atomic mass is 35.5. The molecule has 156 valence electrons. The van der Waals surface area contributed by atoms with Gasteiger partial charge in [-0.15, -0.1) is 0 Å². The molecule has 0 spiro atoms. The van der Waals surface area contributed by atoms with Crippen molar-refractivity contribution in [1.29, 1.82) is 0 Å². The second-order valence-corrected chi connectivity index (χ2v) is 7.67. The maximum atomic E-state index is 12.3. The minimum Gasteiger partial charge on any atom is -0.491 e. The van der Waals surface area contributed by atoms with Crippen LogP contribution in [0.25, 0.3) is 0 Å². The van der Waals surface area contributed by atoms with Crippen LogP contribution in [-0.4, -0.2) is 48.4 Å². The van der Waals surface area contributed by atoms with Gasteiger partial charge < -0.3 is 20.5 Å². The van der Waals surface area contributed by atoms with Gasteiger partial charge in [0.15, 0.2) is 0 Å². The van der Waals surface area contributed by atoms with Crippen LogP contribution in [0.15, 0.2) is 42.5 Å². The summed E-state index contributed by atoms with van der Waals surface area (Å²) in [6.45, 7) is 4.96. The molecule has 3 rings (SSSR count). The summed E-state index contributed by atoms with van der Waals surface area (Å²) < 4.78 is 5.64. The molecule has 0 radical (unpaired) electrons. The van der Waals surface area contributed by atoms with Crippen molar-refractivity contribution >= 4 is 23.3 Å². The first-order valence-corrected chi connectivity index (χ1v) is 10.4. The average molecular weight is 418 g/mol. The van der Waals surface area contributed by atoms with Crippen molar-refractivity contribution in [3.63, 3.8) is 0 Å². The van der Waals surface area contributed by atoms with Gasteiger partial charge in [0, 0.05) is 31.2 Å². The monoisotopic (exact) mass is 417 g/mol. The van der Waals surface area contributed by atoms with Gasteiger partial charge in [-0.2, -0.15) is 0 Å². The SMILES string of the molecule is CCCOc1ccc(Cl)cc1NC(=O)NCC(O)CN1CCc2ccccc2C1. The molecule has 0 aliphatic carbocycles. The van der Waals surface area contributed by atoms with Crippen LogP contribution in [-0.2, 0) is 13.0 Å². The van der Waals surface area contributed by atoms with Crippen molar-refractivity contribution in [3.8, 4) is 5.75 Å². The highest BCUT2D eigenvalue weighted by Crippen LogP contribution is 2.28. The van der Waals surface area contributed by atoms with Crippen molar-refractivity contribution in [3.05, 3.63) is 58.6 Å². The Morgan fingerprint density at radius 3 is 2.86 bits per heavy atom. The summed E-state index contributed by atoms with van der Waals surface area (Å²) in [7, 11) is 0. The fourth-order valence-corrected chi connectivity index (χ4v) is 3.56. The minimum absolute atomic E-state index is 0.162. The van der Waals surface area contributed by atoms with Crippen LogP contribution in [0.3, 0.4) is 0 Å². The Morgan fingerprint density at radius 2 is 2.07 bits per heavy atom. The van der Waals surface area contributed by atoms with E-state index in [1.165, 1.54) is 11.1 Å². The smallest absolute Gasteiger partial charge is 0.319 e. The molecule has 0 bridgehead atoms. The van der Waals surface area contributed by atoms with Gasteiger partial charge in [-0.05, 0) is 42.2 Å². The molecule has 1 unspecified atom stereocenters. The summed E-state index contributed by atoms with van der Waals surface area (Å²) >= 11 is 6.03. The number of carbonyl (C=O) groups is 1. The maximum absolute atomic E-state index is 12.3. The number of carbonyl (C=O) groups excluding carboxylic acids is 1. The molecule has 2 amide bonds. The van der Waals surface area contributed by atoms with Crippen molar-refractivity contribution in [2.45, 2.75) is 32.4 Å². The Labute approximate surface area is 176 Å². The molecule has 2 aromatic rings. The van der Waals surface area contributed by atoms with E-state index in [4.69, 9.17) is 16.3 Å². The number of urea groups is 1. The molecule has 0 saturated carbocycles. The summed E-state index contributed by atoms with van der Waals surface area (Å²) in [5, 5.41) is 16.3. The van der Waals surface area contributed by atoms with Crippen molar-refractivity contribution in [1.82, 2.24) is 10.2 Å².